The van der Waals surface area contributed by atoms with Crippen molar-refractivity contribution >= 4 is 5.97 Å². The van der Waals surface area contributed by atoms with E-state index in [2.05, 4.69) is 6.58 Å². The Morgan fingerprint density at radius 2 is 1.56 bits per heavy atom. The van der Waals surface area contributed by atoms with Gasteiger partial charge in [0.1, 0.15) is 0 Å². The molecule has 2 aliphatic rings. The number of hydrogen-bond donors (Lipinski definition) is 0. The van der Waals surface area contributed by atoms with Gasteiger partial charge in [-0.05, 0) is 87.7 Å². The molecule has 3 rings (SSSR count). The number of allylic oxidation sites excluding steroid dienone is 1. The van der Waals surface area contributed by atoms with Gasteiger partial charge in [-0.25, -0.2) is 8.78 Å². The summed E-state index contributed by atoms with van der Waals surface area (Å²) < 4.78 is 44.9. The van der Waals surface area contributed by atoms with Gasteiger partial charge in [-0.3, -0.25) is 4.79 Å². The van der Waals surface area contributed by atoms with E-state index in [1.54, 1.807) is 0 Å². The molecular weight excluding hydrogens is 353 g/mol. The van der Waals surface area contributed by atoms with Crippen molar-refractivity contribution in [2.75, 3.05) is 0 Å². The monoisotopic (exact) mass is 380 g/mol. The summed E-state index contributed by atoms with van der Waals surface area (Å²) in [6.07, 6.45) is 11.5. The predicted octanol–water partition coefficient (Wildman–Crippen LogP) is 6.20. The maximum absolute atomic E-state index is 13.7. The van der Waals surface area contributed by atoms with Crippen LogP contribution in [0.15, 0.2) is 24.8 Å². The van der Waals surface area contributed by atoms with Gasteiger partial charge in [-0.2, -0.15) is 4.39 Å². The Morgan fingerprint density at radius 3 is 2.15 bits per heavy atom. The predicted molar refractivity (Wildman–Crippen MR) is 97.7 cm³/mol. The molecular formula is C22H27F3O2. The molecule has 0 radical (unpaired) electrons. The molecule has 148 valence electrons. The Balaban J connectivity index is 1.48. The molecule has 0 atom stereocenters. The van der Waals surface area contributed by atoms with E-state index in [0.717, 1.165) is 43.2 Å². The number of benzene rings is 1. The molecule has 0 spiro atoms. The fourth-order valence-corrected chi connectivity index (χ4v) is 4.74. The maximum Gasteiger partial charge on any atom is 0.314 e. The normalized spacial score (nSPS) is 28.6. The van der Waals surface area contributed by atoms with Crippen LogP contribution >= 0.6 is 0 Å². The van der Waals surface area contributed by atoms with Crippen molar-refractivity contribution in [2.45, 2.75) is 57.8 Å². The lowest BCUT2D eigenvalue weighted by Crippen LogP contribution is -2.30. The first-order valence-corrected chi connectivity index (χ1v) is 9.95. The van der Waals surface area contributed by atoms with E-state index >= 15 is 0 Å². The lowest BCUT2D eigenvalue weighted by atomic mass is 9.69. The number of rotatable bonds is 5. The summed E-state index contributed by atoms with van der Waals surface area (Å²) in [7, 11) is 0. The van der Waals surface area contributed by atoms with Gasteiger partial charge in [0, 0.05) is 0 Å². The minimum absolute atomic E-state index is 0.300. The van der Waals surface area contributed by atoms with E-state index < -0.39 is 29.2 Å². The lowest BCUT2D eigenvalue weighted by molar-refractivity contribution is -0.140. The molecule has 0 bridgehead atoms. The largest absolute Gasteiger partial charge is 0.423 e. The second kappa shape index (κ2) is 8.94. The summed E-state index contributed by atoms with van der Waals surface area (Å²) in [5, 5.41) is 0. The zero-order valence-electron chi connectivity index (χ0n) is 15.6. The maximum atomic E-state index is 13.7. The van der Waals surface area contributed by atoms with Crippen LogP contribution in [0.1, 0.15) is 57.8 Å². The van der Waals surface area contributed by atoms with Gasteiger partial charge in [0.15, 0.2) is 17.4 Å². The molecule has 2 fully saturated rings. The third kappa shape index (κ3) is 4.74. The zero-order valence-corrected chi connectivity index (χ0v) is 15.6. The third-order valence-corrected chi connectivity index (χ3v) is 6.37. The van der Waals surface area contributed by atoms with Gasteiger partial charge in [0.05, 0.1) is 5.92 Å². The number of carbonyl (C=O) groups excluding carboxylic acids is 1. The van der Waals surface area contributed by atoms with E-state index in [1.807, 2.05) is 6.08 Å². The number of ether oxygens (including phenoxy) is 1. The highest BCUT2D eigenvalue weighted by Crippen LogP contribution is 2.42. The molecule has 0 heterocycles. The molecule has 1 aromatic carbocycles. The van der Waals surface area contributed by atoms with E-state index in [-0.39, 0.29) is 5.92 Å². The first kappa shape index (κ1) is 20.0. The van der Waals surface area contributed by atoms with Crippen LogP contribution in [0.3, 0.4) is 0 Å². The van der Waals surface area contributed by atoms with E-state index in [4.69, 9.17) is 4.74 Å². The van der Waals surface area contributed by atoms with Crippen molar-refractivity contribution in [3.63, 3.8) is 0 Å². The smallest absolute Gasteiger partial charge is 0.314 e. The third-order valence-electron chi connectivity index (χ3n) is 6.37. The molecule has 0 unspecified atom stereocenters. The molecule has 0 amide bonds. The summed E-state index contributed by atoms with van der Waals surface area (Å²) >= 11 is 0. The minimum Gasteiger partial charge on any atom is -0.423 e. The van der Waals surface area contributed by atoms with E-state index in [0.29, 0.717) is 18.8 Å². The molecule has 27 heavy (non-hydrogen) atoms. The van der Waals surface area contributed by atoms with E-state index in [9.17, 15) is 18.0 Å². The van der Waals surface area contributed by atoms with Crippen molar-refractivity contribution in [2.24, 2.45) is 23.7 Å². The number of halogens is 3. The molecule has 2 saturated carbocycles. The second-order valence-electron chi connectivity index (χ2n) is 8.01. The van der Waals surface area contributed by atoms with Crippen LogP contribution in [0.25, 0.3) is 0 Å². The van der Waals surface area contributed by atoms with Crippen LogP contribution in [0.2, 0.25) is 0 Å². The van der Waals surface area contributed by atoms with Crippen LogP contribution in [-0.2, 0) is 4.79 Å². The van der Waals surface area contributed by atoms with Gasteiger partial charge in [-0.15, -0.1) is 6.58 Å². The van der Waals surface area contributed by atoms with Crippen LogP contribution in [-0.4, -0.2) is 5.97 Å². The van der Waals surface area contributed by atoms with Crippen LogP contribution < -0.4 is 4.74 Å². The van der Waals surface area contributed by atoms with Gasteiger partial charge >= 0.3 is 5.97 Å². The summed E-state index contributed by atoms with van der Waals surface area (Å²) in [5.74, 6) is -3.61. The molecule has 0 saturated heterocycles. The highest BCUT2D eigenvalue weighted by Gasteiger charge is 2.33. The summed E-state index contributed by atoms with van der Waals surface area (Å²) in [5.41, 5.74) is 0. The van der Waals surface area contributed by atoms with Crippen molar-refractivity contribution in [1.82, 2.24) is 0 Å². The Labute approximate surface area is 158 Å². The SMILES string of the molecule is C=CCC1CCC(C2CCC(C(=O)Oc3ccc(F)c(F)c3F)CC2)CC1. The fraction of sp³-hybridized carbons (Fsp3) is 0.591. The second-order valence-corrected chi connectivity index (χ2v) is 8.01. The van der Waals surface area contributed by atoms with Crippen molar-refractivity contribution < 1.29 is 22.7 Å². The Bertz CT molecular complexity index is 672. The van der Waals surface area contributed by atoms with Crippen LogP contribution in [0.4, 0.5) is 13.2 Å². The number of hydrogen-bond acceptors (Lipinski definition) is 2. The quantitative estimate of drug-likeness (QED) is 0.263. The zero-order chi connectivity index (χ0) is 19.4. The fourth-order valence-electron chi connectivity index (χ4n) is 4.74. The Morgan fingerprint density at radius 1 is 0.963 bits per heavy atom. The summed E-state index contributed by atoms with van der Waals surface area (Å²) in [4.78, 5) is 12.3. The minimum atomic E-state index is -1.61. The average Bonchev–Trinajstić information content (AvgIpc) is 2.69. The highest BCUT2D eigenvalue weighted by molar-refractivity contribution is 5.75. The first-order chi connectivity index (χ1) is 13.0. The number of esters is 1. The van der Waals surface area contributed by atoms with Gasteiger partial charge < -0.3 is 4.74 Å². The summed E-state index contributed by atoms with van der Waals surface area (Å²) in [6, 6.07) is 1.72. The molecule has 0 aliphatic heterocycles. The molecule has 1 aromatic rings. The highest BCUT2D eigenvalue weighted by atomic mass is 19.2. The summed E-state index contributed by atoms with van der Waals surface area (Å²) in [6.45, 7) is 3.83. The van der Waals surface area contributed by atoms with Gasteiger partial charge in [0.25, 0.3) is 0 Å². The first-order valence-electron chi connectivity index (χ1n) is 9.95. The van der Waals surface area contributed by atoms with Crippen molar-refractivity contribution in [3.8, 4) is 5.75 Å². The van der Waals surface area contributed by atoms with Gasteiger partial charge in [-0.1, -0.05) is 6.08 Å². The molecule has 2 nitrogen and oxygen atoms in total. The Hall–Kier alpha value is -1.78. The van der Waals surface area contributed by atoms with Crippen LogP contribution in [0.5, 0.6) is 5.75 Å². The lowest BCUT2D eigenvalue weighted by Gasteiger charge is -2.37. The molecule has 0 aromatic heterocycles. The molecule has 0 N–H and O–H groups in total. The van der Waals surface area contributed by atoms with Crippen molar-refractivity contribution in [1.29, 1.82) is 0 Å². The molecule has 5 heteroatoms. The van der Waals surface area contributed by atoms with E-state index in [1.165, 1.54) is 25.7 Å². The van der Waals surface area contributed by atoms with Crippen LogP contribution in [0, 0.1) is 41.1 Å². The average molecular weight is 380 g/mol. The van der Waals surface area contributed by atoms with Crippen molar-refractivity contribution in [3.05, 3.63) is 42.2 Å². The number of carbonyl (C=O) groups is 1. The van der Waals surface area contributed by atoms with Gasteiger partial charge in [0.2, 0.25) is 5.82 Å². The topological polar surface area (TPSA) is 26.3 Å². The standard InChI is InChI=1S/C22H27F3O2/c1-2-3-14-4-6-15(7-5-14)16-8-10-17(11-9-16)22(26)27-19-13-12-18(23)20(24)21(19)25/h2,12-17H,1,3-11H2. The Kier molecular flexibility index (Phi) is 6.61. The molecule has 2 aliphatic carbocycles.